The van der Waals surface area contributed by atoms with Gasteiger partial charge in [0.1, 0.15) is 24.0 Å². The van der Waals surface area contributed by atoms with Crippen molar-refractivity contribution in [3.05, 3.63) is 63.7 Å². The molecule has 0 saturated carbocycles. The van der Waals surface area contributed by atoms with Crippen LogP contribution in [0.1, 0.15) is 21.5 Å². The first-order chi connectivity index (χ1) is 12.8. The molecule has 0 bridgehead atoms. The highest BCUT2D eigenvalue weighted by atomic mass is 35.5. The lowest BCUT2D eigenvalue weighted by molar-refractivity contribution is -0.137. The van der Waals surface area contributed by atoms with Crippen molar-refractivity contribution in [2.45, 2.75) is 12.8 Å². The van der Waals surface area contributed by atoms with E-state index in [1.54, 1.807) is 0 Å². The van der Waals surface area contributed by atoms with Crippen molar-refractivity contribution in [1.29, 1.82) is 0 Å². The number of sulfonamides is 1. The molecule has 1 N–H and O–H groups in total. The van der Waals surface area contributed by atoms with Gasteiger partial charge in [0.2, 0.25) is 10.0 Å². The molecule has 0 aliphatic carbocycles. The Labute approximate surface area is 161 Å². The summed E-state index contributed by atoms with van der Waals surface area (Å²) in [6.07, 6.45) is -4.08. The van der Waals surface area contributed by atoms with Crippen LogP contribution in [0.3, 0.4) is 0 Å². The van der Waals surface area contributed by atoms with Gasteiger partial charge < -0.3 is 4.74 Å². The van der Waals surface area contributed by atoms with Gasteiger partial charge in [0.25, 0.3) is 5.91 Å². The van der Waals surface area contributed by atoms with E-state index in [0.717, 1.165) is 12.1 Å². The van der Waals surface area contributed by atoms with E-state index in [-0.39, 0.29) is 5.75 Å². The summed E-state index contributed by atoms with van der Waals surface area (Å²) in [6.45, 7) is -0.657. The lowest BCUT2D eigenvalue weighted by atomic mass is 10.1. The first kappa shape index (κ1) is 21.9. The number of amides is 1. The Balaban J connectivity index is 2.22. The summed E-state index contributed by atoms with van der Waals surface area (Å²) in [7, 11) is -3.99. The minimum absolute atomic E-state index is 0.296. The monoisotopic (exact) mass is 443 g/mol. The van der Waals surface area contributed by atoms with Crippen molar-refractivity contribution in [3.63, 3.8) is 0 Å². The van der Waals surface area contributed by atoms with Crippen LogP contribution in [0, 0.1) is 11.6 Å². The number of halogens is 6. The molecule has 5 nitrogen and oxygen atoms in total. The molecule has 0 aliphatic heterocycles. The molecule has 2 aromatic carbocycles. The lowest BCUT2D eigenvalue weighted by Crippen LogP contribution is -2.30. The number of hydrogen-bond donors (Lipinski definition) is 1. The Kier molecular flexibility index (Phi) is 6.19. The smallest absolute Gasteiger partial charge is 0.417 e. The lowest BCUT2D eigenvalue weighted by Gasteiger charge is -2.13. The average Bonchev–Trinajstić information content (AvgIpc) is 2.53. The van der Waals surface area contributed by atoms with Gasteiger partial charge in [-0.25, -0.2) is 21.9 Å². The van der Waals surface area contributed by atoms with E-state index in [2.05, 4.69) is 0 Å². The summed E-state index contributed by atoms with van der Waals surface area (Å²) < 4.78 is 95.1. The Morgan fingerprint density at radius 1 is 1.14 bits per heavy atom. The molecular weight excluding hydrogens is 433 g/mol. The molecule has 0 atom stereocenters. The normalized spacial score (nSPS) is 12.0. The van der Waals surface area contributed by atoms with Gasteiger partial charge in [-0.3, -0.25) is 4.79 Å². The van der Waals surface area contributed by atoms with Crippen molar-refractivity contribution in [1.82, 2.24) is 4.72 Å². The van der Waals surface area contributed by atoms with E-state index >= 15 is 0 Å². The summed E-state index contributed by atoms with van der Waals surface area (Å²) in [5, 5.41) is -0.557. The maximum Gasteiger partial charge on any atom is 0.417 e. The molecule has 152 valence electrons. The number of carbonyl (C=O) groups excluding carboxylic acids is 1. The van der Waals surface area contributed by atoms with Gasteiger partial charge in [0.15, 0.2) is 0 Å². The Morgan fingerprint density at radius 3 is 2.36 bits per heavy atom. The van der Waals surface area contributed by atoms with E-state index in [9.17, 15) is 35.2 Å². The summed E-state index contributed by atoms with van der Waals surface area (Å²) in [5.41, 5.74) is -2.43. The molecule has 0 unspecified atom stereocenters. The third-order valence-corrected chi connectivity index (χ3v) is 4.18. The average molecular weight is 444 g/mol. The topological polar surface area (TPSA) is 72.5 Å². The van der Waals surface area contributed by atoms with Crippen LogP contribution >= 0.6 is 11.6 Å². The third-order valence-electron chi connectivity index (χ3n) is 3.30. The first-order valence-electron chi connectivity index (χ1n) is 7.27. The van der Waals surface area contributed by atoms with Crippen LogP contribution in [0.15, 0.2) is 30.3 Å². The van der Waals surface area contributed by atoms with E-state index < -0.39 is 62.1 Å². The molecular formula is C16H11ClF5NO4S. The van der Waals surface area contributed by atoms with Crippen LogP contribution in [0.4, 0.5) is 22.0 Å². The van der Waals surface area contributed by atoms with Crippen LogP contribution in [0.5, 0.6) is 5.75 Å². The van der Waals surface area contributed by atoms with Gasteiger partial charge in [0.05, 0.1) is 22.4 Å². The molecule has 0 aliphatic rings. The zero-order valence-electron chi connectivity index (χ0n) is 13.9. The third kappa shape index (κ3) is 5.55. The minimum atomic E-state index is -4.73. The second-order valence-electron chi connectivity index (χ2n) is 5.55. The zero-order valence-corrected chi connectivity index (χ0v) is 15.5. The largest absolute Gasteiger partial charge is 0.489 e. The number of rotatable bonds is 5. The van der Waals surface area contributed by atoms with Gasteiger partial charge in [-0.2, -0.15) is 13.2 Å². The predicted molar refractivity (Wildman–Crippen MR) is 89.5 cm³/mol. The molecule has 1 amide bonds. The van der Waals surface area contributed by atoms with E-state index in [1.165, 1.54) is 4.72 Å². The molecule has 12 heteroatoms. The fourth-order valence-electron chi connectivity index (χ4n) is 2.07. The fourth-order valence-corrected chi connectivity index (χ4v) is 2.74. The summed E-state index contributed by atoms with van der Waals surface area (Å²) >= 11 is 5.47. The molecule has 0 radical (unpaired) electrons. The van der Waals surface area contributed by atoms with Gasteiger partial charge >= 0.3 is 6.18 Å². The number of benzene rings is 2. The molecule has 0 saturated heterocycles. The van der Waals surface area contributed by atoms with Gasteiger partial charge in [0, 0.05) is 5.56 Å². The van der Waals surface area contributed by atoms with Gasteiger partial charge in [-0.05, 0) is 30.3 Å². The molecule has 0 heterocycles. The number of ether oxygens (including phenoxy) is 1. The predicted octanol–water partition coefficient (Wildman–Crippen LogP) is 3.91. The number of carbonyl (C=O) groups is 1. The Morgan fingerprint density at radius 2 is 1.79 bits per heavy atom. The van der Waals surface area contributed by atoms with Crippen LogP contribution in [0.2, 0.25) is 5.02 Å². The molecule has 0 spiro atoms. The zero-order chi connectivity index (χ0) is 21.3. The van der Waals surface area contributed by atoms with Gasteiger partial charge in [-0.1, -0.05) is 11.6 Å². The van der Waals surface area contributed by atoms with Crippen LogP contribution < -0.4 is 9.46 Å². The van der Waals surface area contributed by atoms with Crippen molar-refractivity contribution in [2.75, 3.05) is 6.26 Å². The van der Waals surface area contributed by atoms with Crippen molar-refractivity contribution in [3.8, 4) is 5.75 Å². The quantitative estimate of drug-likeness (QED) is 0.711. The first-order valence-corrected chi connectivity index (χ1v) is 9.54. The summed E-state index contributed by atoms with van der Waals surface area (Å²) in [5.74, 6) is -4.03. The molecule has 0 aromatic heterocycles. The maximum atomic E-state index is 14.1. The minimum Gasteiger partial charge on any atom is -0.489 e. The fraction of sp³-hybridized carbons (Fsp3) is 0.188. The van der Waals surface area contributed by atoms with Crippen LogP contribution in [-0.4, -0.2) is 20.6 Å². The van der Waals surface area contributed by atoms with E-state index in [4.69, 9.17) is 16.3 Å². The van der Waals surface area contributed by atoms with Crippen molar-refractivity contribution >= 4 is 27.5 Å². The van der Waals surface area contributed by atoms with Crippen LogP contribution in [0.25, 0.3) is 0 Å². The summed E-state index contributed by atoms with van der Waals surface area (Å²) in [4.78, 5) is 11.6. The number of hydrogen-bond acceptors (Lipinski definition) is 4. The summed E-state index contributed by atoms with van der Waals surface area (Å²) in [6, 6.07) is 3.68. The number of alkyl halides is 3. The van der Waals surface area contributed by atoms with E-state index in [1.807, 2.05) is 0 Å². The Hall–Kier alpha value is -2.40. The highest BCUT2D eigenvalue weighted by Gasteiger charge is 2.33. The molecule has 2 aromatic rings. The maximum absolute atomic E-state index is 14.1. The van der Waals surface area contributed by atoms with Crippen molar-refractivity contribution < 1.29 is 39.9 Å². The molecule has 28 heavy (non-hydrogen) atoms. The molecule has 0 fully saturated rings. The second kappa shape index (κ2) is 7.92. The number of nitrogens with one attached hydrogen (secondary N) is 1. The van der Waals surface area contributed by atoms with Crippen LogP contribution in [-0.2, 0) is 22.8 Å². The second-order valence-corrected chi connectivity index (χ2v) is 7.71. The van der Waals surface area contributed by atoms with E-state index in [0.29, 0.717) is 24.5 Å². The highest BCUT2D eigenvalue weighted by Crippen LogP contribution is 2.36. The SMILES string of the molecule is CS(=O)(=O)NC(=O)c1cc(F)c(COc2ccc(Cl)c(C(F)(F)F)c2)cc1F. The standard InChI is InChI=1S/C16H11ClF5NO4S/c1-28(25,26)23-15(24)10-6-13(18)8(4-14(10)19)7-27-9-2-3-12(17)11(5-9)16(20,21)22/h2-6H,7H2,1H3,(H,23,24). The highest BCUT2D eigenvalue weighted by molar-refractivity contribution is 7.89. The van der Waals surface area contributed by atoms with Crippen molar-refractivity contribution in [2.24, 2.45) is 0 Å². The molecule has 2 rings (SSSR count). The Bertz CT molecular complexity index is 1020. The van der Waals surface area contributed by atoms with Gasteiger partial charge in [-0.15, -0.1) is 0 Å².